The molecule has 270 valence electrons. The van der Waals surface area contributed by atoms with E-state index in [1.54, 1.807) is 0 Å². The van der Waals surface area contributed by atoms with Crippen molar-refractivity contribution in [2.24, 2.45) is 23.7 Å². The van der Waals surface area contributed by atoms with E-state index in [-0.39, 0.29) is 48.8 Å². The third-order valence-corrected chi connectivity index (χ3v) is 13.4. The number of rotatable bonds is 10. The second-order valence-electron chi connectivity index (χ2n) is 16.6. The molecule has 4 heterocycles. The van der Waals surface area contributed by atoms with Gasteiger partial charge in [0, 0.05) is 38.0 Å². The number of aliphatic hydroxyl groups is 1. The summed E-state index contributed by atoms with van der Waals surface area (Å²) in [4.78, 5) is 2.58. The molecule has 0 radical (unpaired) electrons. The lowest BCUT2D eigenvalue weighted by Gasteiger charge is -2.58. The van der Waals surface area contributed by atoms with Crippen molar-refractivity contribution in [2.75, 3.05) is 39.5 Å². The van der Waals surface area contributed by atoms with Crippen molar-refractivity contribution in [3.8, 4) is 0 Å². The quantitative estimate of drug-likeness (QED) is 0.268. The Morgan fingerprint density at radius 3 is 1.94 bits per heavy atom. The highest BCUT2D eigenvalue weighted by atomic mass is 16.7. The maximum Gasteiger partial charge on any atom is 0.157 e. The van der Waals surface area contributed by atoms with Crippen molar-refractivity contribution in [1.29, 1.82) is 0 Å². The number of likely N-dealkylation sites (tertiary alicyclic amines) is 1. The summed E-state index contributed by atoms with van der Waals surface area (Å²) in [6.45, 7) is 8.24. The normalized spacial score (nSPS) is 45.7. The smallest absolute Gasteiger partial charge is 0.157 e. The third-order valence-electron chi connectivity index (χ3n) is 13.4. The standard InChI is InChI=1S/C39H67NO7/c1-39(41)33-20-19-32(46-36-10-4-8-25-44-36)27-34(33)47-38(29-13-15-30(16-14-29)42-26-23-40-21-5-2-6-22-40)37(39)28-11-17-31(18-12-28)45-35-9-3-7-24-43-35/h28-38,41H,2-27H2,1H3. The summed E-state index contributed by atoms with van der Waals surface area (Å²) >= 11 is 0. The van der Waals surface area contributed by atoms with Crippen LogP contribution in [0.2, 0.25) is 0 Å². The van der Waals surface area contributed by atoms with Gasteiger partial charge < -0.3 is 38.4 Å². The molecule has 47 heavy (non-hydrogen) atoms. The van der Waals surface area contributed by atoms with Crippen LogP contribution in [0.5, 0.6) is 0 Å². The van der Waals surface area contributed by atoms with Crippen molar-refractivity contribution >= 4 is 0 Å². The molecule has 8 unspecified atom stereocenters. The maximum absolute atomic E-state index is 12.7. The summed E-state index contributed by atoms with van der Waals surface area (Å²) in [5, 5.41) is 12.7. The van der Waals surface area contributed by atoms with Crippen LogP contribution in [0.1, 0.15) is 135 Å². The summed E-state index contributed by atoms with van der Waals surface area (Å²) in [6.07, 6.45) is 23.3. The highest BCUT2D eigenvalue weighted by Crippen LogP contribution is 2.54. The summed E-state index contributed by atoms with van der Waals surface area (Å²) < 4.78 is 38.6. The molecule has 7 rings (SSSR count). The van der Waals surface area contributed by atoms with Crippen LogP contribution in [0.4, 0.5) is 0 Å². The molecule has 0 aromatic carbocycles. The number of hydrogen-bond acceptors (Lipinski definition) is 8. The zero-order valence-corrected chi connectivity index (χ0v) is 29.6. The molecule has 0 aromatic heterocycles. The molecule has 8 nitrogen and oxygen atoms in total. The van der Waals surface area contributed by atoms with Gasteiger partial charge >= 0.3 is 0 Å². The van der Waals surface area contributed by atoms with Crippen molar-refractivity contribution in [3.05, 3.63) is 0 Å². The Balaban J connectivity index is 0.988. The Hall–Kier alpha value is -0.320. The van der Waals surface area contributed by atoms with Crippen molar-refractivity contribution in [1.82, 2.24) is 4.90 Å². The molecule has 4 aliphatic heterocycles. The van der Waals surface area contributed by atoms with E-state index in [2.05, 4.69) is 11.8 Å². The van der Waals surface area contributed by atoms with Gasteiger partial charge in [-0.2, -0.15) is 0 Å². The first kappa shape index (κ1) is 35.1. The van der Waals surface area contributed by atoms with Crippen LogP contribution < -0.4 is 0 Å². The number of hydrogen-bond donors (Lipinski definition) is 1. The summed E-state index contributed by atoms with van der Waals surface area (Å²) in [5.41, 5.74) is -0.744. The largest absolute Gasteiger partial charge is 0.389 e. The van der Waals surface area contributed by atoms with Crippen LogP contribution in [-0.2, 0) is 28.4 Å². The zero-order valence-electron chi connectivity index (χ0n) is 29.6. The molecule has 0 spiro atoms. The highest BCUT2D eigenvalue weighted by molar-refractivity contribution is 5.07. The van der Waals surface area contributed by atoms with Crippen molar-refractivity contribution in [3.63, 3.8) is 0 Å². The molecular weight excluding hydrogens is 594 g/mol. The minimum Gasteiger partial charge on any atom is -0.389 e. The summed E-state index contributed by atoms with van der Waals surface area (Å²) in [5.74, 6) is 1.26. The molecule has 0 aromatic rings. The van der Waals surface area contributed by atoms with Gasteiger partial charge in [-0.15, -0.1) is 0 Å². The van der Waals surface area contributed by atoms with E-state index in [0.29, 0.717) is 17.9 Å². The monoisotopic (exact) mass is 661 g/mol. The fraction of sp³-hybridized carbons (Fsp3) is 1.00. The zero-order chi connectivity index (χ0) is 32.1. The Labute approximate surface area is 285 Å². The fourth-order valence-electron chi connectivity index (χ4n) is 10.8. The van der Waals surface area contributed by atoms with Crippen LogP contribution in [0, 0.1) is 23.7 Å². The van der Waals surface area contributed by atoms with Gasteiger partial charge in [0.1, 0.15) is 0 Å². The van der Waals surface area contributed by atoms with E-state index in [9.17, 15) is 5.11 Å². The van der Waals surface area contributed by atoms with E-state index >= 15 is 0 Å². The molecule has 3 saturated carbocycles. The van der Waals surface area contributed by atoms with Gasteiger partial charge in [-0.05, 0) is 147 Å². The van der Waals surface area contributed by atoms with E-state index in [1.165, 1.54) is 45.2 Å². The van der Waals surface area contributed by atoms with Gasteiger partial charge in [0.15, 0.2) is 12.6 Å². The molecule has 0 amide bonds. The highest BCUT2D eigenvalue weighted by Gasteiger charge is 2.58. The van der Waals surface area contributed by atoms with Gasteiger partial charge in [0.05, 0.1) is 42.7 Å². The number of piperidine rings is 1. The Kier molecular flexibility index (Phi) is 12.5. The summed E-state index contributed by atoms with van der Waals surface area (Å²) in [6, 6.07) is 0. The van der Waals surface area contributed by atoms with E-state index in [4.69, 9.17) is 28.4 Å². The first-order valence-electron chi connectivity index (χ1n) is 20.3. The molecule has 1 N–H and O–H groups in total. The molecule has 4 saturated heterocycles. The molecule has 3 aliphatic carbocycles. The predicted octanol–water partition coefficient (Wildman–Crippen LogP) is 7.00. The Morgan fingerprint density at radius 1 is 0.660 bits per heavy atom. The third kappa shape index (κ3) is 8.95. The lowest BCUT2D eigenvalue weighted by atomic mass is 9.57. The number of fused-ring (bicyclic) bond motifs is 1. The number of ether oxygens (including phenoxy) is 6. The van der Waals surface area contributed by atoms with Crippen LogP contribution >= 0.6 is 0 Å². The van der Waals surface area contributed by atoms with Gasteiger partial charge in [-0.3, -0.25) is 0 Å². The van der Waals surface area contributed by atoms with Gasteiger partial charge in [0.25, 0.3) is 0 Å². The Morgan fingerprint density at radius 2 is 1.28 bits per heavy atom. The van der Waals surface area contributed by atoms with Gasteiger partial charge in [0.2, 0.25) is 0 Å². The Bertz CT molecular complexity index is 916. The van der Waals surface area contributed by atoms with Crippen LogP contribution in [0.25, 0.3) is 0 Å². The average Bonchev–Trinajstić information content (AvgIpc) is 3.10. The van der Waals surface area contributed by atoms with Crippen LogP contribution in [-0.4, -0.2) is 98.2 Å². The van der Waals surface area contributed by atoms with E-state index in [0.717, 1.165) is 123 Å². The second kappa shape index (κ2) is 16.8. The average molecular weight is 662 g/mol. The van der Waals surface area contributed by atoms with Gasteiger partial charge in [-0.25, -0.2) is 0 Å². The molecule has 7 fully saturated rings. The van der Waals surface area contributed by atoms with E-state index < -0.39 is 5.60 Å². The number of nitrogens with zero attached hydrogens (tertiary/aromatic N) is 1. The lowest BCUT2D eigenvalue weighted by Crippen LogP contribution is -2.64. The molecular formula is C39H67NO7. The van der Waals surface area contributed by atoms with Crippen molar-refractivity contribution < 1.29 is 33.5 Å². The lowest BCUT2D eigenvalue weighted by molar-refractivity contribution is -0.276. The molecule has 7 aliphatic rings. The van der Waals surface area contributed by atoms with Crippen LogP contribution in [0.3, 0.4) is 0 Å². The van der Waals surface area contributed by atoms with Crippen LogP contribution in [0.15, 0.2) is 0 Å². The first-order valence-corrected chi connectivity index (χ1v) is 20.3. The van der Waals surface area contributed by atoms with Crippen molar-refractivity contribution in [2.45, 2.75) is 184 Å². The minimum atomic E-state index is -0.744. The minimum absolute atomic E-state index is 0.0198. The predicted molar refractivity (Wildman–Crippen MR) is 181 cm³/mol. The summed E-state index contributed by atoms with van der Waals surface area (Å²) in [7, 11) is 0. The molecule has 8 heteroatoms. The molecule has 0 bridgehead atoms. The fourth-order valence-corrected chi connectivity index (χ4v) is 10.8. The first-order chi connectivity index (χ1) is 23.0. The van der Waals surface area contributed by atoms with E-state index in [1.807, 2.05) is 0 Å². The topological polar surface area (TPSA) is 78.9 Å². The second-order valence-corrected chi connectivity index (χ2v) is 16.6. The molecule has 8 atom stereocenters. The van der Waals surface area contributed by atoms with Gasteiger partial charge in [-0.1, -0.05) is 6.42 Å². The SMILES string of the molecule is CC1(O)C2CCC(OC3CCCCO3)CC2OC(C2CCC(OCCN3CCCCC3)CC2)C1C1CCC(OC2CCCCO2)CC1. The maximum atomic E-state index is 12.7.